The molecule has 1 rings (SSSR count). The van der Waals surface area contributed by atoms with Crippen molar-refractivity contribution in [3.63, 3.8) is 0 Å². The molecule has 0 aromatic carbocycles. The van der Waals surface area contributed by atoms with Gasteiger partial charge in [0.25, 0.3) is 5.91 Å². The summed E-state index contributed by atoms with van der Waals surface area (Å²) >= 11 is 3.25. The molecule has 1 atom stereocenters. The molecule has 0 fully saturated rings. The summed E-state index contributed by atoms with van der Waals surface area (Å²) in [6.07, 6.45) is 2.04. The Bertz CT molecular complexity index is 463. The largest absolute Gasteiger partial charge is 0.467 e. The monoisotopic (exact) mass is 328 g/mol. The van der Waals surface area contributed by atoms with Crippen LogP contribution < -0.4 is 5.32 Å². The van der Waals surface area contributed by atoms with Crippen molar-refractivity contribution in [3.05, 3.63) is 28.5 Å². The van der Waals surface area contributed by atoms with Gasteiger partial charge in [0.2, 0.25) is 0 Å². The van der Waals surface area contributed by atoms with Gasteiger partial charge in [-0.2, -0.15) is 0 Å². The molecule has 0 aliphatic rings. The Morgan fingerprint density at radius 1 is 1.47 bits per heavy atom. The first-order valence-corrected chi connectivity index (χ1v) is 6.74. The lowest BCUT2D eigenvalue weighted by Gasteiger charge is -2.18. The zero-order valence-electron chi connectivity index (χ0n) is 11.1. The van der Waals surface area contributed by atoms with Crippen molar-refractivity contribution >= 4 is 27.8 Å². The quantitative estimate of drug-likeness (QED) is 0.841. The molecule has 1 aromatic heterocycles. The van der Waals surface area contributed by atoms with E-state index in [0.29, 0.717) is 10.9 Å². The third-order valence-electron chi connectivity index (χ3n) is 2.47. The number of aromatic nitrogens is 1. The van der Waals surface area contributed by atoms with E-state index < -0.39 is 17.9 Å². The van der Waals surface area contributed by atoms with E-state index in [4.69, 9.17) is 4.74 Å². The van der Waals surface area contributed by atoms with Crippen LogP contribution >= 0.6 is 15.9 Å². The number of amides is 1. The summed E-state index contributed by atoms with van der Waals surface area (Å²) in [5.41, 5.74) is 0.250. The summed E-state index contributed by atoms with van der Waals surface area (Å²) in [6.45, 7) is 3.94. The Hall–Kier alpha value is -1.43. The number of rotatable bonds is 5. The highest BCUT2D eigenvalue weighted by Crippen LogP contribution is 2.14. The zero-order valence-corrected chi connectivity index (χ0v) is 12.7. The van der Waals surface area contributed by atoms with E-state index in [1.165, 1.54) is 13.3 Å². The van der Waals surface area contributed by atoms with E-state index in [-0.39, 0.29) is 11.6 Å². The molecular formula is C13H17BrN2O3. The second-order valence-corrected chi connectivity index (χ2v) is 5.37. The fourth-order valence-corrected chi connectivity index (χ4v) is 2.04. The number of methoxy groups -OCH3 is 1. The van der Waals surface area contributed by atoms with E-state index in [1.54, 1.807) is 12.1 Å². The third kappa shape index (κ3) is 4.63. The highest BCUT2D eigenvalue weighted by atomic mass is 79.9. The molecule has 1 unspecified atom stereocenters. The van der Waals surface area contributed by atoms with Gasteiger partial charge >= 0.3 is 5.97 Å². The van der Waals surface area contributed by atoms with E-state index in [1.807, 2.05) is 13.8 Å². The first-order chi connectivity index (χ1) is 8.95. The molecule has 104 valence electrons. The van der Waals surface area contributed by atoms with Gasteiger partial charge in [0.15, 0.2) is 0 Å². The predicted molar refractivity (Wildman–Crippen MR) is 74.7 cm³/mol. The molecule has 0 aliphatic carbocycles. The van der Waals surface area contributed by atoms with Gasteiger partial charge in [-0.1, -0.05) is 13.8 Å². The number of carbonyl (C=O) groups is 2. The van der Waals surface area contributed by atoms with Crippen LogP contribution in [0.3, 0.4) is 0 Å². The SMILES string of the molecule is COC(=O)C(CC(C)C)NC(=O)c1ncccc1Br. The number of nitrogens with one attached hydrogen (secondary N) is 1. The van der Waals surface area contributed by atoms with Crippen molar-refractivity contribution < 1.29 is 14.3 Å². The summed E-state index contributed by atoms with van der Waals surface area (Å²) in [7, 11) is 1.30. The van der Waals surface area contributed by atoms with Crippen molar-refractivity contribution in [2.45, 2.75) is 26.3 Å². The molecule has 1 amide bonds. The molecule has 19 heavy (non-hydrogen) atoms. The summed E-state index contributed by atoms with van der Waals surface area (Å²) < 4.78 is 5.28. The Labute approximate surface area is 120 Å². The number of ether oxygens (including phenoxy) is 1. The van der Waals surface area contributed by atoms with E-state index in [0.717, 1.165) is 0 Å². The van der Waals surface area contributed by atoms with Crippen LogP contribution in [0.1, 0.15) is 30.8 Å². The average Bonchev–Trinajstić information content (AvgIpc) is 2.36. The number of nitrogens with zero attached hydrogens (tertiary/aromatic N) is 1. The summed E-state index contributed by atoms with van der Waals surface area (Å²) in [5.74, 6) is -0.589. The standard InChI is InChI=1S/C13H17BrN2O3/c1-8(2)7-10(13(18)19-3)16-12(17)11-9(14)5-4-6-15-11/h4-6,8,10H,7H2,1-3H3,(H,16,17). The molecule has 0 aliphatic heterocycles. The number of hydrogen-bond donors (Lipinski definition) is 1. The third-order valence-corrected chi connectivity index (χ3v) is 3.11. The van der Waals surface area contributed by atoms with Crippen LogP contribution in [-0.2, 0) is 9.53 Å². The topological polar surface area (TPSA) is 68.3 Å². The van der Waals surface area contributed by atoms with E-state index in [9.17, 15) is 9.59 Å². The lowest BCUT2D eigenvalue weighted by molar-refractivity contribution is -0.143. The van der Waals surface area contributed by atoms with Gasteiger partial charge in [-0.25, -0.2) is 9.78 Å². The molecule has 1 aromatic rings. The molecule has 1 heterocycles. The lowest BCUT2D eigenvalue weighted by Crippen LogP contribution is -2.42. The van der Waals surface area contributed by atoms with Crippen LogP contribution in [0.15, 0.2) is 22.8 Å². The Morgan fingerprint density at radius 2 is 2.16 bits per heavy atom. The van der Waals surface area contributed by atoms with Crippen molar-refractivity contribution in [1.82, 2.24) is 10.3 Å². The molecule has 0 radical (unpaired) electrons. The molecular weight excluding hydrogens is 312 g/mol. The molecule has 1 N–H and O–H groups in total. The maximum atomic E-state index is 12.1. The van der Waals surface area contributed by atoms with E-state index >= 15 is 0 Å². The minimum absolute atomic E-state index is 0.250. The molecule has 6 heteroatoms. The predicted octanol–water partition coefficient (Wildman–Crippen LogP) is 2.16. The van der Waals surface area contributed by atoms with Crippen molar-refractivity contribution in [2.24, 2.45) is 5.92 Å². The van der Waals surface area contributed by atoms with Gasteiger partial charge in [0.05, 0.1) is 7.11 Å². The van der Waals surface area contributed by atoms with Crippen LogP contribution in [-0.4, -0.2) is 30.0 Å². The summed E-state index contributed by atoms with van der Waals surface area (Å²) in [6, 6.07) is 2.77. The van der Waals surface area contributed by atoms with Gasteiger partial charge < -0.3 is 10.1 Å². The highest BCUT2D eigenvalue weighted by Gasteiger charge is 2.24. The average molecular weight is 329 g/mol. The first kappa shape index (κ1) is 15.6. The minimum Gasteiger partial charge on any atom is -0.467 e. The smallest absolute Gasteiger partial charge is 0.328 e. The fourth-order valence-electron chi connectivity index (χ4n) is 1.61. The van der Waals surface area contributed by atoms with Crippen LogP contribution in [0.5, 0.6) is 0 Å². The second-order valence-electron chi connectivity index (χ2n) is 4.51. The fraction of sp³-hybridized carbons (Fsp3) is 0.462. The highest BCUT2D eigenvalue weighted by molar-refractivity contribution is 9.10. The molecule has 0 spiro atoms. The molecule has 0 bridgehead atoms. The number of halogens is 1. The normalized spacial score (nSPS) is 12.1. The van der Waals surface area contributed by atoms with Crippen LogP contribution in [0.25, 0.3) is 0 Å². The second kappa shape index (κ2) is 7.23. The molecule has 0 saturated heterocycles. The zero-order chi connectivity index (χ0) is 14.4. The number of hydrogen-bond acceptors (Lipinski definition) is 4. The minimum atomic E-state index is -0.661. The summed E-state index contributed by atoms with van der Waals surface area (Å²) in [5, 5.41) is 2.65. The Kier molecular flexibility index (Phi) is 5.95. The van der Waals surface area contributed by atoms with Gasteiger partial charge in [0, 0.05) is 10.7 Å². The molecule has 0 saturated carbocycles. The Morgan fingerprint density at radius 3 is 2.68 bits per heavy atom. The van der Waals surface area contributed by atoms with Crippen molar-refractivity contribution in [2.75, 3.05) is 7.11 Å². The van der Waals surface area contributed by atoms with Gasteiger partial charge in [-0.15, -0.1) is 0 Å². The summed E-state index contributed by atoms with van der Waals surface area (Å²) in [4.78, 5) is 27.7. The number of carbonyl (C=O) groups excluding carboxylic acids is 2. The van der Waals surface area contributed by atoms with E-state index in [2.05, 4.69) is 26.2 Å². The van der Waals surface area contributed by atoms with Crippen LogP contribution in [0.2, 0.25) is 0 Å². The number of pyridine rings is 1. The van der Waals surface area contributed by atoms with Crippen LogP contribution in [0, 0.1) is 5.92 Å². The van der Waals surface area contributed by atoms with Crippen LogP contribution in [0.4, 0.5) is 0 Å². The molecule has 5 nitrogen and oxygen atoms in total. The first-order valence-electron chi connectivity index (χ1n) is 5.95. The van der Waals surface area contributed by atoms with Gasteiger partial charge in [0.1, 0.15) is 11.7 Å². The maximum absolute atomic E-state index is 12.1. The Balaban J connectivity index is 2.82. The van der Waals surface area contributed by atoms with Gasteiger partial charge in [-0.05, 0) is 40.4 Å². The lowest BCUT2D eigenvalue weighted by atomic mass is 10.0. The van der Waals surface area contributed by atoms with Gasteiger partial charge in [-0.3, -0.25) is 4.79 Å². The number of esters is 1. The van der Waals surface area contributed by atoms with Crippen molar-refractivity contribution in [3.8, 4) is 0 Å². The maximum Gasteiger partial charge on any atom is 0.328 e. The van der Waals surface area contributed by atoms with Crippen molar-refractivity contribution in [1.29, 1.82) is 0 Å².